The van der Waals surface area contributed by atoms with Crippen LogP contribution in [0.5, 0.6) is 0 Å². The second kappa shape index (κ2) is 4.78. The number of hydrogen-bond donors (Lipinski definition) is 1. The number of piperidine rings is 1. The van der Waals surface area contributed by atoms with E-state index >= 15 is 0 Å². The van der Waals surface area contributed by atoms with Crippen molar-refractivity contribution in [2.75, 3.05) is 24.6 Å². The summed E-state index contributed by atoms with van der Waals surface area (Å²) in [5, 5.41) is 9.19. The first-order valence-corrected chi connectivity index (χ1v) is 5.86. The maximum absolute atomic E-state index is 9.19. The first kappa shape index (κ1) is 11.3. The minimum Gasteiger partial charge on any atom is -0.396 e. The average Bonchev–Trinajstić information content (AvgIpc) is 2.33. The van der Waals surface area contributed by atoms with Crippen LogP contribution in [0.15, 0.2) is 6.20 Å². The largest absolute Gasteiger partial charge is 0.396 e. The van der Waals surface area contributed by atoms with Crippen LogP contribution in [0.2, 0.25) is 0 Å². The van der Waals surface area contributed by atoms with Gasteiger partial charge in [0.25, 0.3) is 0 Å². The summed E-state index contributed by atoms with van der Waals surface area (Å²) < 4.78 is 0. The monoisotopic (exact) mass is 221 g/mol. The molecule has 0 aliphatic carbocycles. The topological polar surface area (TPSA) is 49.2 Å². The van der Waals surface area contributed by atoms with Gasteiger partial charge >= 0.3 is 0 Å². The van der Waals surface area contributed by atoms with E-state index in [0.29, 0.717) is 5.92 Å². The Morgan fingerprint density at radius 3 is 2.94 bits per heavy atom. The summed E-state index contributed by atoms with van der Waals surface area (Å²) in [7, 11) is 0. The molecule has 1 N–H and O–H groups in total. The Hall–Kier alpha value is -1.16. The van der Waals surface area contributed by atoms with Crippen molar-refractivity contribution >= 4 is 5.82 Å². The predicted octanol–water partition coefficient (Wildman–Crippen LogP) is 1.30. The van der Waals surface area contributed by atoms with Gasteiger partial charge in [0.2, 0.25) is 0 Å². The molecule has 4 heteroatoms. The lowest BCUT2D eigenvalue weighted by atomic mass is 9.99. The minimum atomic E-state index is 0.273. The van der Waals surface area contributed by atoms with Crippen molar-refractivity contribution in [3.63, 3.8) is 0 Å². The highest BCUT2D eigenvalue weighted by atomic mass is 16.3. The summed E-state index contributed by atoms with van der Waals surface area (Å²) in [6.45, 7) is 6.15. The fourth-order valence-electron chi connectivity index (χ4n) is 2.10. The molecule has 2 rings (SSSR count). The maximum Gasteiger partial charge on any atom is 0.147 e. The molecule has 16 heavy (non-hydrogen) atoms. The average molecular weight is 221 g/mol. The number of nitrogens with zero attached hydrogens (tertiary/aromatic N) is 3. The van der Waals surface area contributed by atoms with Crippen LogP contribution in [0.1, 0.15) is 24.2 Å². The van der Waals surface area contributed by atoms with Gasteiger partial charge in [0, 0.05) is 19.7 Å². The van der Waals surface area contributed by atoms with E-state index in [1.165, 1.54) is 0 Å². The molecule has 1 fully saturated rings. The molecule has 1 unspecified atom stereocenters. The third kappa shape index (κ3) is 2.32. The molecular weight excluding hydrogens is 202 g/mol. The number of aromatic nitrogens is 2. The summed E-state index contributed by atoms with van der Waals surface area (Å²) >= 11 is 0. The van der Waals surface area contributed by atoms with Crippen LogP contribution >= 0.6 is 0 Å². The van der Waals surface area contributed by atoms with Crippen molar-refractivity contribution in [2.45, 2.75) is 26.7 Å². The molecule has 1 aromatic heterocycles. The van der Waals surface area contributed by atoms with E-state index in [1.807, 2.05) is 20.0 Å². The molecule has 1 saturated heterocycles. The van der Waals surface area contributed by atoms with Crippen molar-refractivity contribution < 1.29 is 5.11 Å². The van der Waals surface area contributed by atoms with Gasteiger partial charge in [-0.15, -0.1) is 0 Å². The first-order valence-electron chi connectivity index (χ1n) is 5.86. The lowest BCUT2D eigenvalue weighted by Crippen LogP contribution is -2.37. The molecule has 1 aliphatic rings. The molecule has 0 amide bonds. The molecule has 1 atom stereocenters. The summed E-state index contributed by atoms with van der Waals surface area (Å²) in [6, 6.07) is 0. The molecule has 0 bridgehead atoms. The number of rotatable bonds is 2. The van der Waals surface area contributed by atoms with Crippen molar-refractivity contribution in [3.05, 3.63) is 17.6 Å². The van der Waals surface area contributed by atoms with Crippen LogP contribution in [-0.2, 0) is 0 Å². The standard InChI is InChI=1S/C12H19N3O/c1-9-10(2)14-12(6-13-9)15-5-3-4-11(7-15)8-16/h6,11,16H,3-5,7-8H2,1-2H3. The van der Waals surface area contributed by atoms with E-state index in [0.717, 1.165) is 43.1 Å². The Bertz CT molecular complexity index is 367. The van der Waals surface area contributed by atoms with Crippen molar-refractivity contribution in [1.82, 2.24) is 9.97 Å². The highest BCUT2D eigenvalue weighted by Gasteiger charge is 2.20. The summed E-state index contributed by atoms with van der Waals surface area (Å²) in [6.07, 6.45) is 4.08. The van der Waals surface area contributed by atoms with Gasteiger partial charge in [0.05, 0.1) is 17.6 Å². The van der Waals surface area contributed by atoms with Gasteiger partial charge in [-0.05, 0) is 32.6 Å². The van der Waals surface area contributed by atoms with Crippen LogP contribution in [0, 0.1) is 19.8 Å². The number of anilines is 1. The number of aryl methyl sites for hydroxylation is 2. The van der Waals surface area contributed by atoms with E-state index in [4.69, 9.17) is 0 Å². The molecule has 0 saturated carbocycles. The van der Waals surface area contributed by atoms with Crippen molar-refractivity contribution in [2.24, 2.45) is 5.92 Å². The molecule has 0 spiro atoms. The Labute approximate surface area is 96.3 Å². The lowest BCUT2D eigenvalue weighted by Gasteiger charge is -2.32. The van der Waals surface area contributed by atoms with Gasteiger partial charge in [0.15, 0.2) is 0 Å². The number of hydrogen-bond acceptors (Lipinski definition) is 4. The smallest absolute Gasteiger partial charge is 0.147 e. The molecular formula is C12H19N3O. The summed E-state index contributed by atoms with van der Waals surface area (Å²) in [4.78, 5) is 11.1. The van der Waals surface area contributed by atoms with Crippen LogP contribution in [0.3, 0.4) is 0 Å². The summed E-state index contributed by atoms with van der Waals surface area (Å²) in [5.74, 6) is 1.33. The van der Waals surface area contributed by atoms with Gasteiger partial charge in [-0.25, -0.2) is 4.98 Å². The molecule has 88 valence electrons. The number of aliphatic hydroxyl groups is 1. The lowest BCUT2D eigenvalue weighted by molar-refractivity contribution is 0.208. The zero-order chi connectivity index (χ0) is 11.5. The Balaban J connectivity index is 2.13. The summed E-state index contributed by atoms with van der Waals surface area (Å²) in [5.41, 5.74) is 1.98. The van der Waals surface area contributed by atoms with E-state index in [1.54, 1.807) is 0 Å². The maximum atomic E-state index is 9.19. The Morgan fingerprint density at radius 2 is 2.25 bits per heavy atom. The van der Waals surface area contributed by atoms with Crippen LogP contribution in [-0.4, -0.2) is 34.8 Å². The zero-order valence-electron chi connectivity index (χ0n) is 9.98. The van der Waals surface area contributed by atoms with E-state index in [2.05, 4.69) is 14.9 Å². The third-order valence-corrected chi connectivity index (χ3v) is 3.28. The molecule has 0 radical (unpaired) electrons. The predicted molar refractivity (Wildman–Crippen MR) is 63.5 cm³/mol. The molecule has 2 heterocycles. The van der Waals surface area contributed by atoms with Gasteiger partial charge in [0.1, 0.15) is 5.82 Å². The van der Waals surface area contributed by atoms with E-state index < -0.39 is 0 Å². The molecule has 0 aromatic carbocycles. The SMILES string of the molecule is Cc1ncc(N2CCCC(CO)C2)nc1C. The highest BCUT2D eigenvalue weighted by molar-refractivity contribution is 5.38. The second-order valence-corrected chi connectivity index (χ2v) is 4.54. The van der Waals surface area contributed by atoms with Gasteiger partial charge in [-0.3, -0.25) is 4.98 Å². The van der Waals surface area contributed by atoms with Gasteiger partial charge < -0.3 is 10.0 Å². The minimum absolute atomic E-state index is 0.273. The zero-order valence-corrected chi connectivity index (χ0v) is 9.98. The second-order valence-electron chi connectivity index (χ2n) is 4.54. The van der Waals surface area contributed by atoms with Crippen molar-refractivity contribution in [3.8, 4) is 0 Å². The van der Waals surface area contributed by atoms with E-state index in [-0.39, 0.29) is 6.61 Å². The third-order valence-electron chi connectivity index (χ3n) is 3.28. The Morgan fingerprint density at radius 1 is 1.44 bits per heavy atom. The number of aliphatic hydroxyl groups excluding tert-OH is 1. The molecule has 4 nitrogen and oxygen atoms in total. The normalized spacial score (nSPS) is 21.2. The Kier molecular flexibility index (Phi) is 3.39. The first-order chi connectivity index (χ1) is 7.70. The molecule has 1 aromatic rings. The molecule has 1 aliphatic heterocycles. The van der Waals surface area contributed by atoms with Gasteiger partial charge in [-0.1, -0.05) is 0 Å². The fraction of sp³-hybridized carbons (Fsp3) is 0.667. The van der Waals surface area contributed by atoms with Crippen LogP contribution < -0.4 is 4.90 Å². The van der Waals surface area contributed by atoms with Gasteiger partial charge in [-0.2, -0.15) is 0 Å². The quantitative estimate of drug-likeness (QED) is 0.818. The highest BCUT2D eigenvalue weighted by Crippen LogP contribution is 2.21. The fourth-order valence-corrected chi connectivity index (χ4v) is 2.10. The van der Waals surface area contributed by atoms with Crippen LogP contribution in [0.25, 0.3) is 0 Å². The van der Waals surface area contributed by atoms with Crippen LogP contribution in [0.4, 0.5) is 5.82 Å². The van der Waals surface area contributed by atoms with Crippen molar-refractivity contribution in [1.29, 1.82) is 0 Å². The van der Waals surface area contributed by atoms with E-state index in [9.17, 15) is 5.11 Å².